The molecule has 82 valence electrons. The van der Waals surface area contributed by atoms with Gasteiger partial charge in [0.1, 0.15) is 11.9 Å². The lowest BCUT2D eigenvalue weighted by molar-refractivity contribution is 0.167. The van der Waals surface area contributed by atoms with Crippen molar-refractivity contribution in [3.63, 3.8) is 0 Å². The molecule has 1 aliphatic heterocycles. The lowest BCUT2D eigenvalue weighted by atomic mass is 10.1. The summed E-state index contributed by atoms with van der Waals surface area (Å²) in [7, 11) is 0. The fourth-order valence-corrected chi connectivity index (χ4v) is 2.08. The maximum absolute atomic E-state index is 6.10. The van der Waals surface area contributed by atoms with Crippen LogP contribution < -0.4 is 10.1 Å². The normalized spacial score (nSPS) is 21.3. The predicted octanol–water partition coefficient (Wildman–Crippen LogP) is 2.78. The van der Waals surface area contributed by atoms with Gasteiger partial charge in [-0.2, -0.15) is 0 Å². The van der Waals surface area contributed by atoms with E-state index < -0.39 is 0 Å². The van der Waals surface area contributed by atoms with Gasteiger partial charge in [0.25, 0.3) is 0 Å². The van der Waals surface area contributed by atoms with Crippen LogP contribution in [0.3, 0.4) is 0 Å². The minimum absolute atomic E-state index is 0.263. The highest BCUT2D eigenvalue weighted by Gasteiger charge is 2.15. The molecule has 1 saturated heterocycles. The molecule has 1 aromatic rings. The Balaban J connectivity index is 2.03. The molecule has 0 saturated carbocycles. The highest BCUT2D eigenvalue weighted by molar-refractivity contribution is 6.32. The molecule has 1 aliphatic rings. The van der Waals surface area contributed by atoms with Crippen LogP contribution in [0.2, 0.25) is 5.02 Å². The van der Waals surface area contributed by atoms with Gasteiger partial charge in [0.2, 0.25) is 0 Å². The van der Waals surface area contributed by atoms with Crippen molar-refractivity contribution in [2.24, 2.45) is 0 Å². The molecule has 0 spiro atoms. The number of ether oxygens (including phenoxy) is 1. The van der Waals surface area contributed by atoms with Crippen molar-refractivity contribution in [3.8, 4) is 5.75 Å². The number of rotatable bonds is 2. The lowest BCUT2D eigenvalue weighted by Crippen LogP contribution is -2.37. The average Bonchev–Trinajstić information content (AvgIpc) is 2.24. The van der Waals surface area contributed by atoms with Crippen LogP contribution in [0.15, 0.2) is 18.2 Å². The second-order valence-electron chi connectivity index (χ2n) is 4.02. The van der Waals surface area contributed by atoms with Crippen molar-refractivity contribution in [2.45, 2.75) is 25.9 Å². The number of aryl methyl sites for hydroxylation is 1. The molecule has 1 N–H and O–H groups in total. The van der Waals surface area contributed by atoms with E-state index in [1.54, 1.807) is 0 Å². The number of nitrogens with one attached hydrogen (secondary N) is 1. The van der Waals surface area contributed by atoms with E-state index in [2.05, 4.69) is 5.32 Å². The second kappa shape index (κ2) is 4.86. The fraction of sp³-hybridized carbons (Fsp3) is 0.500. The molecule has 0 bridgehead atoms. The third-order valence-electron chi connectivity index (χ3n) is 2.63. The van der Waals surface area contributed by atoms with E-state index in [9.17, 15) is 0 Å². The molecule has 1 aromatic carbocycles. The zero-order chi connectivity index (χ0) is 10.7. The smallest absolute Gasteiger partial charge is 0.138 e. The van der Waals surface area contributed by atoms with Crippen LogP contribution >= 0.6 is 11.6 Å². The molecule has 15 heavy (non-hydrogen) atoms. The molecule has 0 aromatic heterocycles. The second-order valence-corrected chi connectivity index (χ2v) is 4.43. The largest absolute Gasteiger partial charge is 0.488 e. The first-order valence-corrected chi connectivity index (χ1v) is 5.77. The molecular weight excluding hydrogens is 210 g/mol. The monoisotopic (exact) mass is 225 g/mol. The first-order chi connectivity index (χ1) is 7.25. The number of hydrogen-bond acceptors (Lipinski definition) is 2. The summed E-state index contributed by atoms with van der Waals surface area (Å²) in [6.07, 6.45) is 2.55. The topological polar surface area (TPSA) is 21.3 Å². The van der Waals surface area contributed by atoms with Crippen LogP contribution in [0.4, 0.5) is 0 Å². The first-order valence-electron chi connectivity index (χ1n) is 5.39. The minimum atomic E-state index is 0.263. The summed E-state index contributed by atoms with van der Waals surface area (Å²) < 4.78 is 5.85. The van der Waals surface area contributed by atoms with Gasteiger partial charge in [-0.15, -0.1) is 0 Å². The Bertz CT molecular complexity index is 334. The Morgan fingerprint density at radius 3 is 3.00 bits per heavy atom. The summed E-state index contributed by atoms with van der Waals surface area (Å²) in [4.78, 5) is 0. The molecule has 0 amide bonds. The van der Waals surface area contributed by atoms with Gasteiger partial charge in [-0.05, 0) is 44.0 Å². The molecule has 2 nitrogen and oxygen atoms in total. The quantitative estimate of drug-likeness (QED) is 0.836. The SMILES string of the molecule is Cc1ccc(O[C@@H]2CCCNC2)c(Cl)c1. The van der Waals surface area contributed by atoms with Crippen LogP contribution in [-0.4, -0.2) is 19.2 Å². The standard InChI is InChI=1S/C12H16ClNO/c1-9-4-5-12(11(13)7-9)15-10-3-2-6-14-8-10/h4-5,7,10,14H,2-3,6,8H2,1H3/t10-/m1/s1. The molecule has 0 aliphatic carbocycles. The molecule has 3 heteroatoms. The van der Waals surface area contributed by atoms with Gasteiger partial charge in [-0.1, -0.05) is 17.7 Å². The highest BCUT2D eigenvalue weighted by atomic mass is 35.5. The molecule has 1 fully saturated rings. The third kappa shape index (κ3) is 2.86. The van der Waals surface area contributed by atoms with Gasteiger partial charge in [-0.25, -0.2) is 0 Å². The Kier molecular flexibility index (Phi) is 3.49. The molecule has 1 atom stereocenters. The summed E-state index contributed by atoms with van der Waals surface area (Å²) in [5.41, 5.74) is 1.16. The van der Waals surface area contributed by atoms with Crippen LogP contribution in [0.1, 0.15) is 18.4 Å². The van der Waals surface area contributed by atoms with Crippen LogP contribution in [0.5, 0.6) is 5.75 Å². The predicted molar refractivity (Wildman–Crippen MR) is 62.7 cm³/mol. The molecule has 0 radical (unpaired) electrons. The van der Waals surface area contributed by atoms with Crippen molar-refractivity contribution >= 4 is 11.6 Å². The number of hydrogen-bond donors (Lipinski definition) is 1. The van der Waals surface area contributed by atoms with Crippen LogP contribution in [0.25, 0.3) is 0 Å². The van der Waals surface area contributed by atoms with E-state index in [4.69, 9.17) is 16.3 Å². The Labute approximate surface area is 95.6 Å². The van der Waals surface area contributed by atoms with Gasteiger partial charge in [0, 0.05) is 6.54 Å². The van der Waals surface area contributed by atoms with Crippen molar-refractivity contribution < 1.29 is 4.74 Å². The Hall–Kier alpha value is -0.730. The summed E-state index contributed by atoms with van der Waals surface area (Å²) in [6.45, 7) is 4.05. The average molecular weight is 226 g/mol. The lowest BCUT2D eigenvalue weighted by Gasteiger charge is -2.24. The number of benzene rings is 1. The molecule has 1 heterocycles. The van der Waals surface area contributed by atoms with Crippen LogP contribution in [0, 0.1) is 6.92 Å². The number of piperidine rings is 1. The summed E-state index contributed by atoms with van der Waals surface area (Å²) in [6, 6.07) is 5.91. The molecular formula is C12H16ClNO. The van der Waals surface area contributed by atoms with Gasteiger partial charge in [0.15, 0.2) is 0 Å². The van der Waals surface area contributed by atoms with Crippen molar-refractivity contribution in [3.05, 3.63) is 28.8 Å². The van der Waals surface area contributed by atoms with E-state index in [1.807, 2.05) is 25.1 Å². The van der Waals surface area contributed by atoms with E-state index in [0.29, 0.717) is 5.02 Å². The van der Waals surface area contributed by atoms with Gasteiger partial charge < -0.3 is 10.1 Å². The maximum atomic E-state index is 6.10. The molecule has 0 unspecified atom stereocenters. The summed E-state index contributed by atoms with van der Waals surface area (Å²) >= 11 is 6.10. The Morgan fingerprint density at radius 1 is 1.47 bits per heavy atom. The van der Waals surface area contributed by atoms with E-state index in [0.717, 1.165) is 30.8 Å². The van der Waals surface area contributed by atoms with Gasteiger partial charge >= 0.3 is 0 Å². The third-order valence-corrected chi connectivity index (χ3v) is 2.93. The molecule has 2 rings (SSSR count). The Morgan fingerprint density at radius 2 is 2.33 bits per heavy atom. The highest BCUT2D eigenvalue weighted by Crippen LogP contribution is 2.27. The van der Waals surface area contributed by atoms with Gasteiger partial charge in [0.05, 0.1) is 5.02 Å². The summed E-state index contributed by atoms with van der Waals surface area (Å²) in [5.74, 6) is 0.802. The van der Waals surface area contributed by atoms with Crippen LogP contribution in [-0.2, 0) is 0 Å². The van der Waals surface area contributed by atoms with Crippen molar-refractivity contribution in [2.75, 3.05) is 13.1 Å². The van der Waals surface area contributed by atoms with Gasteiger partial charge in [-0.3, -0.25) is 0 Å². The number of halogens is 1. The summed E-state index contributed by atoms with van der Waals surface area (Å²) in [5, 5.41) is 4.03. The van der Waals surface area contributed by atoms with E-state index >= 15 is 0 Å². The fourth-order valence-electron chi connectivity index (χ4n) is 1.80. The van der Waals surface area contributed by atoms with E-state index in [-0.39, 0.29) is 6.10 Å². The zero-order valence-corrected chi connectivity index (χ0v) is 9.68. The van der Waals surface area contributed by atoms with Crippen molar-refractivity contribution in [1.82, 2.24) is 5.32 Å². The first kappa shape index (κ1) is 10.8. The minimum Gasteiger partial charge on any atom is -0.488 e. The van der Waals surface area contributed by atoms with E-state index in [1.165, 1.54) is 6.42 Å². The maximum Gasteiger partial charge on any atom is 0.138 e. The van der Waals surface area contributed by atoms with Crippen molar-refractivity contribution in [1.29, 1.82) is 0 Å². The zero-order valence-electron chi connectivity index (χ0n) is 8.92.